The molecule has 0 aliphatic carbocycles. The summed E-state index contributed by atoms with van der Waals surface area (Å²) in [6, 6.07) is -0.0758. The highest BCUT2D eigenvalue weighted by Crippen LogP contribution is 2.25. The molecule has 1 atom stereocenters. The van der Waals surface area contributed by atoms with Gasteiger partial charge in [0, 0.05) is 30.6 Å². The molecule has 3 rings (SSSR count). The van der Waals surface area contributed by atoms with Crippen molar-refractivity contribution in [1.29, 1.82) is 0 Å². The number of aryl methyl sites for hydroxylation is 1. The van der Waals surface area contributed by atoms with Crippen molar-refractivity contribution in [3.8, 4) is 0 Å². The van der Waals surface area contributed by atoms with Crippen molar-refractivity contribution in [2.24, 2.45) is 0 Å². The van der Waals surface area contributed by atoms with Gasteiger partial charge < -0.3 is 24.4 Å². The first kappa shape index (κ1) is 16.6. The number of carbonyl (C=O) groups excluding carboxylic acids is 1. The Kier molecular flexibility index (Phi) is 5.15. The largest absolute Gasteiger partial charge is 0.367 e. The smallest absolute Gasteiger partial charge is 0.317 e. The minimum Gasteiger partial charge on any atom is -0.367 e. The van der Waals surface area contributed by atoms with Crippen LogP contribution < -0.4 is 5.32 Å². The van der Waals surface area contributed by atoms with Crippen molar-refractivity contribution in [2.45, 2.75) is 32.2 Å². The van der Waals surface area contributed by atoms with Crippen molar-refractivity contribution in [3.63, 3.8) is 0 Å². The lowest BCUT2D eigenvalue weighted by molar-refractivity contribution is -0.145. The molecule has 2 fully saturated rings. The Balaban J connectivity index is 1.47. The van der Waals surface area contributed by atoms with Crippen LogP contribution in [0, 0.1) is 6.92 Å². The van der Waals surface area contributed by atoms with Gasteiger partial charge in [-0.05, 0) is 13.8 Å². The molecule has 2 amide bonds. The second kappa shape index (κ2) is 7.12. The zero-order chi connectivity index (χ0) is 16.3. The Morgan fingerprint density at radius 3 is 2.96 bits per heavy atom. The predicted molar refractivity (Wildman–Crippen MR) is 85.4 cm³/mol. The van der Waals surface area contributed by atoms with Crippen LogP contribution in [-0.4, -0.2) is 61.2 Å². The monoisotopic (exact) mass is 341 g/mol. The average Bonchev–Trinajstić information content (AvgIpc) is 3.16. The van der Waals surface area contributed by atoms with Crippen LogP contribution in [0.15, 0.2) is 5.38 Å². The number of hydrogen-bond acceptors (Lipinski definition) is 6. The number of ether oxygens (including phenoxy) is 3. The Labute approximate surface area is 139 Å². The summed E-state index contributed by atoms with van der Waals surface area (Å²) in [5.74, 6) is -0.570. The summed E-state index contributed by atoms with van der Waals surface area (Å²) in [6.07, 6.45) is 0.505. The van der Waals surface area contributed by atoms with Crippen LogP contribution in [0.25, 0.3) is 0 Å². The molecule has 0 unspecified atom stereocenters. The summed E-state index contributed by atoms with van der Waals surface area (Å²) in [7, 11) is 0. The fourth-order valence-corrected chi connectivity index (χ4v) is 3.55. The van der Waals surface area contributed by atoms with Crippen LogP contribution >= 0.6 is 11.3 Å². The zero-order valence-electron chi connectivity index (χ0n) is 13.5. The number of hydrogen-bond donors (Lipinski definition) is 1. The molecule has 23 heavy (non-hydrogen) atoms. The fraction of sp³-hybridized carbons (Fsp3) is 0.733. The lowest BCUT2D eigenvalue weighted by atomic mass is 10.2. The number of aromatic nitrogens is 1. The highest BCUT2D eigenvalue weighted by Gasteiger charge is 2.31. The quantitative estimate of drug-likeness (QED) is 0.902. The van der Waals surface area contributed by atoms with Crippen LogP contribution in [-0.2, 0) is 14.2 Å². The Morgan fingerprint density at radius 2 is 2.26 bits per heavy atom. The summed E-state index contributed by atoms with van der Waals surface area (Å²) in [6.45, 7) is 7.27. The van der Waals surface area contributed by atoms with E-state index < -0.39 is 5.79 Å². The number of thiazole rings is 1. The molecule has 3 heterocycles. The van der Waals surface area contributed by atoms with Gasteiger partial charge in [-0.1, -0.05) is 0 Å². The van der Waals surface area contributed by atoms with Crippen molar-refractivity contribution >= 4 is 17.4 Å². The van der Waals surface area contributed by atoms with Gasteiger partial charge in [-0.2, -0.15) is 0 Å². The average molecular weight is 341 g/mol. The number of rotatable bonds is 4. The lowest BCUT2D eigenvalue weighted by Gasteiger charge is -2.32. The van der Waals surface area contributed by atoms with Crippen LogP contribution in [0.1, 0.15) is 30.2 Å². The van der Waals surface area contributed by atoms with Gasteiger partial charge in [-0.3, -0.25) is 0 Å². The van der Waals surface area contributed by atoms with E-state index in [9.17, 15) is 4.79 Å². The molecule has 1 aromatic heterocycles. The Hall–Kier alpha value is -1.22. The maximum absolute atomic E-state index is 12.3. The molecule has 1 N–H and O–H groups in total. The first-order valence-corrected chi connectivity index (χ1v) is 8.78. The van der Waals surface area contributed by atoms with Crippen LogP contribution in [0.2, 0.25) is 0 Å². The van der Waals surface area contributed by atoms with Gasteiger partial charge in [0.15, 0.2) is 5.79 Å². The topological polar surface area (TPSA) is 72.9 Å². The molecule has 8 heteroatoms. The number of urea groups is 1. The van der Waals surface area contributed by atoms with Crippen molar-refractivity contribution < 1.29 is 19.0 Å². The molecule has 7 nitrogen and oxygen atoms in total. The number of carbonyl (C=O) groups is 1. The summed E-state index contributed by atoms with van der Waals surface area (Å²) in [5.41, 5.74) is 0.986. The number of amides is 2. The molecule has 2 aliphatic rings. The molecule has 0 saturated carbocycles. The highest BCUT2D eigenvalue weighted by molar-refractivity contribution is 7.09. The van der Waals surface area contributed by atoms with Gasteiger partial charge in [-0.25, -0.2) is 9.78 Å². The predicted octanol–water partition coefficient (Wildman–Crippen LogP) is 1.69. The second-order valence-corrected chi connectivity index (χ2v) is 6.83. The normalized spacial score (nSPS) is 23.9. The molecule has 1 aromatic rings. The molecule has 128 valence electrons. The molecule has 0 radical (unpaired) electrons. The lowest BCUT2D eigenvalue weighted by Crippen LogP contribution is -2.48. The van der Waals surface area contributed by atoms with E-state index in [0.717, 1.165) is 10.7 Å². The minimum absolute atomic E-state index is 0.0758. The zero-order valence-corrected chi connectivity index (χ0v) is 14.4. The number of nitrogens with zero attached hydrogens (tertiary/aromatic N) is 2. The minimum atomic E-state index is -0.570. The molecule has 2 saturated heterocycles. The third-order valence-electron chi connectivity index (χ3n) is 4.02. The number of morpholine rings is 1. The third-order valence-corrected chi connectivity index (χ3v) is 5.07. The van der Waals surface area contributed by atoms with E-state index in [1.54, 1.807) is 16.2 Å². The maximum atomic E-state index is 12.3. The Morgan fingerprint density at radius 1 is 1.48 bits per heavy atom. The van der Waals surface area contributed by atoms with Crippen LogP contribution in [0.5, 0.6) is 0 Å². The second-order valence-electron chi connectivity index (χ2n) is 5.95. The molecular formula is C15H23N3O4S. The van der Waals surface area contributed by atoms with Gasteiger partial charge in [-0.15, -0.1) is 11.3 Å². The van der Waals surface area contributed by atoms with E-state index in [4.69, 9.17) is 14.2 Å². The molecule has 0 spiro atoms. The summed E-state index contributed by atoms with van der Waals surface area (Å²) < 4.78 is 16.8. The summed E-state index contributed by atoms with van der Waals surface area (Å²) in [4.78, 5) is 18.6. The van der Waals surface area contributed by atoms with Crippen molar-refractivity contribution in [3.05, 3.63) is 16.1 Å². The van der Waals surface area contributed by atoms with E-state index >= 15 is 0 Å². The highest BCUT2D eigenvalue weighted by atomic mass is 32.1. The molecule has 2 aliphatic heterocycles. The van der Waals surface area contributed by atoms with E-state index in [1.807, 2.05) is 19.2 Å². The fourth-order valence-electron chi connectivity index (χ4n) is 2.71. The summed E-state index contributed by atoms with van der Waals surface area (Å²) in [5, 5.41) is 5.87. The van der Waals surface area contributed by atoms with Crippen molar-refractivity contribution in [1.82, 2.24) is 15.2 Å². The van der Waals surface area contributed by atoms with Gasteiger partial charge in [0.05, 0.1) is 26.4 Å². The van der Waals surface area contributed by atoms with Gasteiger partial charge in [0.2, 0.25) is 0 Å². The molecule has 0 bridgehead atoms. The van der Waals surface area contributed by atoms with E-state index in [2.05, 4.69) is 10.3 Å². The Bertz CT molecular complexity index is 545. The molecule has 0 aromatic carbocycles. The van der Waals surface area contributed by atoms with Crippen molar-refractivity contribution in [2.75, 3.05) is 39.5 Å². The summed E-state index contributed by atoms with van der Waals surface area (Å²) >= 11 is 1.58. The van der Waals surface area contributed by atoms with E-state index in [0.29, 0.717) is 45.9 Å². The first-order chi connectivity index (χ1) is 11.1. The van der Waals surface area contributed by atoms with Gasteiger partial charge in [0.1, 0.15) is 11.1 Å². The maximum Gasteiger partial charge on any atom is 0.317 e. The SMILES string of the molecule is Cc1csc([C@@H]2CN(C(=O)NCCC3(C)OCCO3)CCO2)n1. The molecular weight excluding hydrogens is 318 g/mol. The first-order valence-electron chi connectivity index (χ1n) is 7.90. The third kappa shape index (κ3) is 4.20. The van der Waals surface area contributed by atoms with Crippen LogP contribution in [0.3, 0.4) is 0 Å². The van der Waals surface area contributed by atoms with E-state index in [-0.39, 0.29) is 12.1 Å². The van der Waals surface area contributed by atoms with Gasteiger partial charge >= 0.3 is 6.03 Å². The van der Waals surface area contributed by atoms with E-state index in [1.165, 1.54) is 0 Å². The number of nitrogens with one attached hydrogen (secondary N) is 1. The van der Waals surface area contributed by atoms with Gasteiger partial charge in [0.25, 0.3) is 0 Å². The van der Waals surface area contributed by atoms with Crippen LogP contribution in [0.4, 0.5) is 4.79 Å². The standard InChI is InChI=1S/C15H23N3O4S/c1-11-10-23-13(17-11)12-9-18(5-6-20-12)14(19)16-4-3-15(2)21-7-8-22-15/h10,12H,3-9H2,1-2H3,(H,16,19)/t12-/m0/s1.